The third-order valence-electron chi connectivity index (χ3n) is 2.32. The van der Waals surface area contributed by atoms with E-state index in [1.807, 2.05) is 0 Å². The number of aromatic hydroxyl groups is 1. The first-order valence-electron chi connectivity index (χ1n) is 5.15. The van der Waals surface area contributed by atoms with Gasteiger partial charge < -0.3 is 5.11 Å². The van der Waals surface area contributed by atoms with Gasteiger partial charge >= 0.3 is 0 Å². The summed E-state index contributed by atoms with van der Waals surface area (Å²) in [6.07, 6.45) is 0. The topological polar surface area (TPSA) is 66.4 Å². The highest BCUT2D eigenvalue weighted by Gasteiger charge is 2.14. The molecule has 0 aliphatic heterocycles. The van der Waals surface area contributed by atoms with Crippen LogP contribution in [0.4, 0.5) is 5.69 Å². The molecule has 0 aliphatic rings. The molecule has 0 aromatic heterocycles. The molecule has 0 amide bonds. The maximum absolute atomic E-state index is 12.1. The van der Waals surface area contributed by atoms with Crippen LogP contribution >= 0.6 is 27.5 Å². The number of anilines is 1. The third kappa shape index (κ3) is 3.40. The molecule has 4 nitrogen and oxygen atoms in total. The van der Waals surface area contributed by atoms with E-state index in [2.05, 4.69) is 20.7 Å². The van der Waals surface area contributed by atoms with Crippen molar-refractivity contribution in [3.63, 3.8) is 0 Å². The summed E-state index contributed by atoms with van der Waals surface area (Å²) in [7, 11) is -3.69. The van der Waals surface area contributed by atoms with E-state index in [0.717, 1.165) is 0 Å². The Hall–Kier alpha value is -1.24. The third-order valence-corrected chi connectivity index (χ3v) is 4.95. The second kappa shape index (κ2) is 5.40. The van der Waals surface area contributed by atoms with Gasteiger partial charge in [-0.2, -0.15) is 0 Å². The fourth-order valence-electron chi connectivity index (χ4n) is 1.40. The predicted octanol–water partition coefficient (Wildman–Crippen LogP) is 3.61. The molecule has 0 saturated heterocycles. The number of hydrogen-bond acceptors (Lipinski definition) is 3. The summed E-state index contributed by atoms with van der Waals surface area (Å²) >= 11 is 9.12. The van der Waals surface area contributed by atoms with Crippen molar-refractivity contribution in [2.75, 3.05) is 4.72 Å². The van der Waals surface area contributed by atoms with E-state index in [4.69, 9.17) is 16.7 Å². The molecule has 0 spiro atoms. The van der Waals surface area contributed by atoms with Crippen LogP contribution in [0.25, 0.3) is 0 Å². The van der Waals surface area contributed by atoms with Crippen molar-refractivity contribution in [3.8, 4) is 5.75 Å². The maximum atomic E-state index is 12.1. The van der Waals surface area contributed by atoms with E-state index in [1.54, 1.807) is 12.1 Å². The molecule has 0 fully saturated rings. The van der Waals surface area contributed by atoms with E-state index >= 15 is 0 Å². The van der Waals surface area contributed by atoms with Crippen LogP contribution in [0.15, 0.2) is 51.8 Å². The summed E-state index contributed by atoms with van der Waals surface area (Å²) in [4.78, 5) is 0.0596. The van der Waals surface area contributed by atoms with Gasteiger partial charge in [0, 0.05) is 4.47 Å². The summed E-state index contributed by atoms with van der Waals surface area (Å²) in [5.74, 6) is 0.00522. The summed E-state index contributed by atoms with van der Waals surface area (Å²) in [6.45, 7) is 0. The molecular weight excluding hydrogens is 354 g/mol. The standard InChI is InChI=1S/C12H9BrClNO3S/c13-11-6-1-8(7-12(11)14)15-19(17,18)10-4-2-9(16)3-5-10/h1-7,15-16H. The molecule has 0 atom stereocenters. The maximum Gasteiger partial charge on any atom is 0.261 e. The fraction of sp³-hybridized carbons (Fsp3) is 0. The first-order chi connectivity index (χ1) is 8.88. The van der Waals surface area contributed by atoms with Crippen LogP contribution in [0.5, 0.6) is 5.75 Å². The lowest BCUT2D eigenvalue weighted by molar-refractivity contribution is 0.475. The molecule has 2 aromatic rings. The quantitative estimate of drug-likeness (QED) is 0.876. The lowest BCUT2D eigenvalue weighted by Gasteiger charge is -2.09. The van der Waals surface area contributed by atoms with Crippen molar-refractivity contribution in [1.82, 2.24) is 0 Å². The van der Waals surface area contributed by atoms with E-state index in [1.165, 1.54) is 30.3 Å². The number of sulfonamides is 1. The van der Waals surface area contributed by atoms with Crippen LogP contribution in [-0.2, 0) is 10.0 Å². The SMILES string of the molecule is O=S(=O)(Nc1ccc(Br)c(Cl)c1)c1ccc(O)cc1. The minimum atomic E-state index is -3.69. The lowest BCUT2D eigenvalue weighted by Crippen LogP contribution is -2.12. The molecule has 0 radical (unpaired) electrons. The number of rotatable bonds is 3. The normalized spacial score (nSPS) is 11.3. The molecule has 0 heterocycles. The van der Waals surface area contributed by atoms with Crippen molar-refractivity contribution in [2.24, 2.45) is 0 Å². The van der Waals surface area contributed by atoms with Gasteiger partial charge in [0.1, 0.15) is 5.75 Å². The van der Waals surface area contributed by atoms with Crippen molar-refractivity contribution in [1.29, 1.82) is 0 Å². The second-order valence-corrected chi connectivity index (χ2v) is 6.67. The summed E-state index contributed by atoms with van der Waals surface area (Å²) in [5, 5.41) is 9.55. The molecule has 2 N–H and O–H groups in total. The molecule has 2 rings (SSSR count). The first kappa shape index (κ1) is 14.2. The predicted molar refractivity (Wildman–Crippen MR) is 78.1 cm³/mol. The smallest absolute Gasteiger partial charge is 0.261 e. The number of phenols is 1. The Morgan fingerprint density at radius 2 is 1.74 bits per heavy atom. The average Bonchev–Trinajstić information content (AvgIpc) is 2.34. The lowest BCUT2D eigenvalue weighted by atomic mass is 10.3. The summed E-state index contributed by atoms with van der Waals surface area (Å²) < 4.78 is 27.2. The molecular formula is C12H9BrClNO3S. The minimum Gasteiger partial charge on any atom is -0.508 e. The highest BCUT2D eigenvalue weighted by molar-refractivity contribution is 9.10. The van der Waals surface area contributed by atoms with E-state index in [9.17, 15) is 8.42 Å². The van der Waals surface area contributed by atoms with E-state index < -0.39 is 10.0 Å². The van der Waals surface area contributed by atoms with Gasteiger partial charge in [-0.05, 0) is 58.4 Å². The van der Waals surface area contributed by atoms with Gasteiger partial charge in [0.2, 0.25) is 0 Å². The van der Waals surface area contributed by atoms with Gasteiger partial charge in [-0.25, -0.2) is 8.42 Å². The number of halogens is 2. The Morgan fingerprint density at radius 1 is 1.11 bits per heavy atom. The Kier molecular flexibility index (Phi) is 4.03. The molecule has 0 unspecified atom stereocenters. The van der Waals surface area contributed by atoms with Crippen molar-refractivity contribution in [2.45, 2.75) is 4.90 Å². The largest absolute Gasteiger partial charge is 0.508 e. The molecule has 7 heteroatoms. The summed E-state index contributed by atoms with van der Waals surface area (Å²) in [5.41, 5.74) is 0.362. The molecule has 0 saturated carbocycles. The van der Waals surface area contributed by atoms with Gasteiger partial charge in [-0.1, -0.05) is 11.6 Å². The second-order valence-electron chi connectivity index (χ2n) is 3.73. The Labute approximate surface area is 124 Å². The van der Waals surface area contributed by atoms with Crippen LogP contribution in [0.3, 0.4) is 0 Å². The van der Waals surface area contributed by atoms with E-state index in [-0.39, 0.29) is 10.6 Å². The number of hydrogen-bond donors (Lipinski definition) is 2. The van der Waals surface area contributed by atoms with Gasteiger partial charge in [0.05, 0.1) is 15.6 Å². The highest BCUT2D eigenvalue weighted by atomic mass is 79.9. The van der Waals surface area contributed by atoms with Crippen LogP contribution in [0.1, 0.15) is 0 Å². The number of phenolic OH excluding ortho intramolecular Hbond substituents is 1. The van der Waals surface area contributed by atoms with Gasteiger partial charge in [-0.15, -0.1) is 0 Å². The van der Waals surface area contributed by atoms with Gasteiger partial charge in [0.25, 0.3) is 10.0 Å². The van der Waals surface area contributed by atoms with Crippen molar-refractivity contribution >= 4 is 43.2 Å². The zero-order valence-electron chi connectivity index (χ0n) is 9.47. The highest BCUT2D eigenvalue weighted by Crippen LogP contribution is 2.27. The zero-order chi connectivity index (χ0) is 14.0. The Morgan fingerprint density at radius 3 is 2.32 bits per heavy atom. The molecule has 2 aromatic carbocycles. The van der Waals surface area contributed by atoms with Crippen molar-refractivity contribution in [3.05, 3.63) is 52.0 Å². The minimum absolute atomic E-state index is 0.00522. The monoisotopic (exact) mass is 361 g/mol. The molecule has 19 heavy (non-hydrogen) atoms. The van der Waals surface area contributed by atoms with Crippen LogP contribution in [0, 0.1) is 0 Å². The van der Waals surface area contributed by atoms with Gasteiger partial charge in [-0.3, -0.25) is 4.72 Å². The van der Waals surface area contributed by atoms with Crippen molar-refractivity contribution < 1.29 is 13.5 Å². The van der Waals surface area contributed by atoms with Gasteiger partial charge in [0.15, 0.2) is 0 Å². The number of benzene rings is 2. The molecule has 100 valence electrons. The average molecular weight is 363 g/mol. The van der Waals surface area contributed by atoms with Crippen LogP contribution in [0.2, 0.25) is 5.02 Å². The number of nitrogens with one attached hydrogen (secondary N) is 1. The van der Waals surface area contributed by atoms with E-state index in [0.29, 0.717) is 15.2 Å². The fourth-order valence-corrected chi connectivity index (χ4v) is 2.88. The van der Waals surface area contributed by atoms with Crippen LogP contribution in [-0.4, -0.2) is 13.5 Å². The molecule has 0 bridgehead atoms. The zero-order valence-corrected chi connectivity index (χ0v) is 12.6. The Bertz CT molecular complexity index is 701. The first-order valence-corrected chi connectivity index (χ1v) is 7.81. The Balaban J connectivity index is 2.30. The van der Waals surface area contributed by atoms with Crippen LogP contribution < -0.4 is 4.72 Å². The summed E-state index contributed by atoms with van der Waals surface area (Å²) in [6, 6.07) is 10.00. The molecule has 0 aliphatic carbocycles.